The molecule has 20 nitrogen and oxygen atoms in total. The number of hydrogen-bond acceptors (Lipinski definition) is 20. The lowest BCUT2D eigenvalue weighted by Gasteiger charge is -2.32. The van der Waals surface area contributed by atoms with Gasteiger partial charge in [-0.05, 0) is 0 Å². The van der Waals surface area contributed by atoms with Crippen LogP contribution in [0.4, 0.5) is 0 Å². The number of aliphatic hydroxyl groups is 6. The van der Waals surface area contributed by atoms with Crippen molar-refractivity contribution in [1.29, 1.82) is 0 Å². The summed E-state index contributed by atoms with van der Waals surface area (Å²) < 4.78 is 72.2. The summed E-state index contributed by atoms with van der Waals surface area (Å²) in [4.78, 5) is 0. The molecule has 6 N–H and O–H groups in total. The van der Waals surface area contributed by atoms with Crippen molar-refractivity contribution in [1.82, 2.24) is 0 Å². The van der Waals surface area contributed by atoms with Crippen molar-refractivity contribution in [2.75, 3.05) is 112 Å². The molecule has 260 valence electrons. The molecule has 0 aliphatic heterocycles. The average Bonchev–Trinajstić information content (AvgIpc) is 3.07. The summed E-state index contributed by atoms with van der Waals surface area (Å²) in [6.07, 6.45) is -2.03. The zero-order valence-electron chi connectivity index (χ0n) is 26.4. The highest BCUT2D eigenvalue weighted by atomic mass is 28.5. The lowest BCUT2D eigenvalue weighted by atomic mass is 10.4. The normalized spacial score (nSPS) is 12.9. The Morgan fingerprint density at radius 2 is 0.619 bits per heavy atom. The van der Waals surface area contributed by atoms with Crippen molar-refractivity contribution in [3.63, 3.8) is 0 Å². The van der Waals surface area contributed by atoms with Gasteiger partial charge in [-0.3, -0.25) is 0 Å². The molecule has 0 radical (unpaired) electrons. The first kappa shape index (κ1) is 49.0. The van der Waals surface area contributed by atoms with Crippen LogP contribution in [-0.4, -0.2) is 191 Å². The van der Waals surface area contributed by atoms with Gasteiger partial charge in [-0.15, -0.1) is 0 Å². The summed E-state index contributed by atoms with van der Waals surface area (Å²) in [5.41, 5.74) is 0. The first-order valence-corrected chi connectivity index (χ1v) is 18.1. The quantitative estimate of drug-likeness (QED) is 0.0627. The van der Waals surface area contributed by atoms with Crippen LogP contribution in [0.5, 0.6) is 0 Å². The molecular formula is C18H52O20Si4. The minimum Gasteiger partial charge on any atom is -0.400 e. The van der Waals surface area contributed by atoms with E-state index in [-0.39, 0.29) is 19.8 Å². The molecule has 0 saturated heterocycles. The van der Waals surface area contributed by atoms with Gasteiger partial charge in [0.05, 0.1) is 32.5 Å². The number of rotatable bonds is 21. The van der Waals surface area contributed by atoms with E-state index in [1.807, 2.05) is 0 Å². The smallest absolute Gasteiger partial charge is 0.400 e. The zero-order valence-corrected chi connectivity index (χ0v) is 30.4. The van der Waals surface area contributed by atoms with Crippen molar-refractivity contribution in [3.05, 3.63) is 0 Å². The summed E-state index contributed by atoms with van der Waals surface area (Å²) in [7, 11) is 2.70. The van der Waals surface area contributed by atoms with Gasteiger partial charge in [0.25, 0.3) is 0 Å². The molecule has 0 aromatic heterocycles. The Morgan fingerprint density at radius 1 is 0.405 bits per heavy atom. The molecule has 0 bridgehead atoms. The Labute approximate surface area is 252 Å². The number of hydrogen-bond donors (Lipinski definition) is 6. The molecule has 0 heterocycles. The van der Waals surface area contributed by atoms with Crippen LogP contribution in [0.25, 0.3) is 0 Å². The van der Waals surface area contributed by atoms with Crippen molar-refractivity contribution in [3.8, 4) is 0 Å². The molecule has 1 unspecified atom stereocenters. The maximum atomic E-state index is 9.28. The predicted octanol–water partition coefficient (Wildman–Crippen LogP) is -3.83. The fraction of sp³-hybridized carbons (Fsp3) is 1.00. The van der Waals surface area contributed by atoms with Gasteiger partial charge in [0, 0.05) is 85.3 Å². The maximum absolute atomic E-state index is 9.28. The van der Waals surface area contributed by atoms with E-state index in [1.165, 1.54) is 78.2 Å². The van der Waals surface area contributed by atoms with E-state index in [0.717, 1.165) is 7.11 Å². The molecule has 0 aromatic rings. The van der Waals surface area contributed by atoms with Gasteiger partial charge >= 0.3 is 36.2 Å². The van der Waals surface area contributed by atoms with E-state index < -0.39 is 55.0 Å². The van der Waals surface area contributed by atoms with Crippen LogP contribution in [0.1, 0.15) is 0 Å². The SMILES string of the molecule is CO.CO[Si](OC)(OC)O[Si](OC)(OC)OC.CO[Si](OC)(OC)O[Si](OC)(OC)OCC(O)CO.OCC(O)CO. The lowest BCUT2D eigenvalue weighted by molar-refractivity contribution is -0.0521. The van der Waals surface area contributed by atoms with Crippen molar-refractivity contribution in [2.24, 2.45) is 0 Å². The molecule has 0 spiro atoms. The highest BCUT2D eigenvalue weighted by Gasteiger charge is 2.58. The molecule has 0 saturated carbocycles. The average molecular weight is 701 g/mol. The summed E-state index contributed by atoms with van der Waals surface area (Å²) in [5.74, 6) is 0. The Morgan fingerprint density at radius 3 is 0.786 bits per heavy atom. The molecule has 0 amide bonds. The molecule has 0 aromatic carbocycles. The highest BCUT2D eigenvalue weighted by Crippen LogP contribution is 2.20. The molecule has 0 rings (SSSR count). The third-order valence-electron chi connectivity index (χ3n) is 4.33. The van der Waals surface area contributed by atoms with E-state index in [9.17, 15) is 5.11 Å². The monoisotopic (exact) mass is 700 g/mol. The van der Waals surface area contributed by atoms with Gasteiger partial charge in [0.1, 0.15) is 6.10 Å². The molecule has 0 fully saturated rings. The summed E-state index contributed by atoms with van der Waals surface area (Å²) in [6.45, 7) is -1.42. The van der Waals surface area contributed by atoms with Gasteiger partial charge < -0.3 is 92.0 Å². The topological polar surface area (TPSA) is 251 Å². The van der Waals surface area contributed by atoms with Crippen LogP contribution >= 0.6 is 0 Å². The van der Waals surface area contributed by atoms with Crippen LogP contribution in [0.15, 0.2) is 0 Å². The van der Waals surface area contributed by atoms with E-state index in [1.54, 1.807) is 0 Å². The minimum absolute atomic E-state index is 0.230. The highest BCUT2D eigenvalue weighted by molar-refractivity contribution is 6.68. The summed E-state index contributed by atoms with van der Waals surface area (Å²) in [6, 6.07) is 0. The van der Waals surface area contributed by atoms with E-state index in [2.05, 4.69) is 0 Å². The van der Waals surface area contributed by atoms with E-state index >= 15 is 0 Å². The second kappa shape index (κ2) is 28.5. The Bertz CT molecular complexity index is 522. The largest absolute Gasteiger partial charge is 0.673 e. The van der Waals surface area contributed by atoms with Crippen LogP contribution in [0, 0.1) is 0 Å². The van der Waals surface area contributed by atoms with Crippen LogP contribution in [0.3, 0.4) is 0 Å². The summed E-state index contributed by atoms with van der Waals surface area (Å²) in [5, 5.41) is 49.0. The van der Waals surface area contributed by atoms with Crippen molar-refractivity contribution < 1.29 is 92.0 Å². The molecular weight excluding hydrogens is 649 g/mol. The first-order valence-electron chi connectivity index (χ1n) is 11.6. The fourth-order valence-corrected chi connectivity index (χ4v) is 10.7. The van der Waals surface area contributed by atoms with Crippen LogP contribution < -0.4 is 0 Å². The molecule has 42 heavy (non-hydrogen) atoms. The Balaban J connectivity index is -0.000000278. The van der Waals surface area contributed by atoms with Crippen molar-refractivity contribution in [2.45, 2.75) is 12.2 Å². The van der Waals surface area contributed by atoms with E-state index in [4.69, 9.17) is 86.9 Å². The second-order valence-electron chi connectivity index (χ2n) is 6.62. The van der Waals surface area contributed by atoms with E-state index in [0.29, 0.717) is 0 Å². The lowest BCUT2D eigenvalue weighted by Crippen LogP contribution is -2.60. The first-order chi connectivity index (χ1) is 19.8. The maximum Gasteiger partial charge on any atom is 0.673 e. The number of aliphatic hydroxyl groups excluding tert-OH is 6. The Kier molecular flexibility index (Phi) is 33.3. The standard InChI is InChI=1S/C8H22O9Si2.C6H18O7Si2.C3H8O3.CH4O/c1-11-18(12-2,13-3)17-19(14-4,15-5)16-7-8(10)6-9;1-7-14(8-2,9-3)13-15(10-4,11-5)12-6;4-1-3(6)2-5;1-2/h8-10H,6-7H2,1-5H3;1-6H3;3-6H,1-2H2;2H,1H3. The molecule has 1 atom stereocenters. The molecule has 0 aliphatic rings. The predicted molar refractivity (Wildman–Crippen MR) is 150 cm³/mol. The summed E-state index contributed by atoms with van der Waals surface area (Å²) >= 11 is 0. The van der Waals surface area contributed by atoms with Gasteiger partial charge in [-0.25, -0.2) is 0 Å². The van der Waals surface area contributed by atoms with Crippen LogP contribution in [-0.2, 0) is 61.3 Å². The third kappa shape index (κ3) is 18.8. The van der Waals surface area contributed by atoms with Gasteiger partial charge in [0.15, 0.2) is 0 Å². The fourth-order valence-electron chi connectivity index (χ4n) is 2.05. The second-order valence-corrected chi connectivity index (χ2v) is 17.0. The molecule has 0 aliphatic carbocycles. The van der Waals surface area contributed by atoms with Crippen molar-refractivity contribution >= 4 is 36.2 Å². The molecule has 24 heteroatoms. The van der Waals surface area contributed by atoms with Gasteiger partial charge in [-0.1, -0.05) is 0 Å². The third-order valence-corrected chi connectivity index (χ3v) is 14.4. The zero-order chi connectivity index (χ0) is 33.9. The van der Waals surface area contributed by atoms with Gasteiger partial charge in [0.2, 0.25) is 0 Å². The minimum atomic E-state index is -3.61. The Hall–Kier alpha value is 0.0675. The van der Waals surface area contributed by atoms with Crippen LogP contribution in [0.2, 0.25) is 0 Å². The van der Waals surface area contributed by atoms with Gasteiger partial charge in [-0.2, -0.15) is 0 Å².